The number of methoxy groups -OCH3 is 1. The third-order valence-electron chi connectivity index (χ3n) is 3.28. The van der Waals surface area contributed by atoms with Crippen molar-refractivity contribution in [2.75, 3.05) is 13.7 Å². The van der Waals surface area contributed by atoms with Crippen LogP contribution in [0.1, 0.15) is 38.2 Å². The highest BCUT2D eigenvalue weighted by molar-refractivity contribution is 7.80. The van der Waals surface area contributed by atoms with E-state index in [-0.39, 0.29) is 5.91 Å². The Balaban J connectivity index is 2.79. The molecule has 0 fully saturated rings. The zero-order chi connectivity index (χ0) is 15.7. The molecule has 2 N–H and O–H groups in total. The number of benzene rings is 1. The van der Waals surface area contributed by atoms with Gasteiger partial charge in [-0.15, -0.1) is 0 Å². The molecule has 0 spiro atoms. The molecule has 0 unspecified atom stereocenters. The van der Waals surface area contributed by atoms with Crippen LogP contribution in [-0.2, 0) is 11.3 Å². The second-order valence-corrected chi connectivity index (χ2v) is 5.47. The molecule has 0 aromatic heterocycles. The van der Waals surface area contributed by atoms with Gasteiger partial charge in [0.25, 0.3) is 0 Å². The summed E-state index contributed by atoms with van der Waals surface area (Å²) in [7, 11) is 1.64. The van der Waals surface area contributed by atoms with Crippen LogP contribution in [0.3, 0.4) is 0 Å². The number of rotatable bonds is 9. The number of thiocarbonyl (C=S) groups is 1. The molecule has 116 valence electrons. The number of nitrogens with two attached hydrogens (primary N) is 1. The highest BCUT2D eigenvalue weighted by Gasteiger charge is 2.15. The SMILES string of the molecule is CCCCC(=O)N(CCC(N)=S)Cc1ccccc1OC. The topological polar surface area (TPSA) is 55.6 Å². The molecule has 0 saturated heterocycles. The number of hydrogen-bond donors (Lipinski definition) is 1. The summed E-state index contributed by atoms with van der Waals surface area (Å²) in [5, 5.41) is 0. The van der Waals surface area contributed by atoms with Crippen LogP contribution >= 0.6 is 12.2 Å². The Morgan fingerprint density at radius 2 is 2.05 bits per heavy atom. The molecule has 0 saturated carbocycles. The molecule has 0 aliphatic carbocycles. The van der Waals surface area contributed by atoms with E-state index in [2.05, 4.69) is 6.92 Å². The monoisotopic (exact) mass is 308 g/mol. The lowest BCUT2D eigenvalue weighted by Gasteiger charge is -2.23. The number of amides is 1. The number of carbonyl (C=O) groups excluding carboxylic acids is 1. The second-order valence-electron chi connectivity index (χ2n) is 4.95. The molecule has 1 aromatic rings. The molecule has 1 rings (SSSR count). The predicted octanol–water partition coefficient (Wildman–Crippen LogP) is 2.89. The van der Waals surface area contributed by atoms with E-state index in [1.807, 2.05) is 29.2 Å². The first-order valence-electron chi connectivity index (χ1n) is 7.26. The van der Waals surface area contributed by atoms with E-state index in [1.54, 1.807) is 7.11 Å². The normalized spacial score (nSPS) is 10.2. The minimum absolute atomic E-state index is 0.138. The van der Waals surface area contributed by atoms with E-state index < -0.39 is 0 Å². The molecule has 0 aliphatic rings. The highest BCUT2D eigenvalue weighted by atomic mass is 32.1. The van der Waals surface area contributed by atoms with Gasteiger partial charge in [-0.2, -0.15) is 0 Å². The van der Waals surface area contributed by atoms with E-state index in [4.69, 9.17) is 22.7 Å². The van der Waals surface area contributed by atoms with Crippen LogP contribution in [0, 0.1) is 0 Å². The van der Waals surface area contributed by atoms with Gasteiger partial charge in [0, 0.05) is 31.5 Å². The number of unbranched alkanes of at least 4 members (excludes halogenated alkanes) is 1. The summed E-state index contributed by atoms with van der Waals surface area (Å²) in [5.74, 6) is 0.931. The van der Waals surface area contributed by atoms with Gasteiger partial charge in [-0.1, -0.05) is 43.8 Å². The third kappa shape index (κ3) is 6.12. The Bertz CT molecular complexity index is 477. The molecule has 21 heavy (non-hydrogen) atoms. The molecule has 0 bridgehead atoms. The maximum atomic E-state index is 12.3. The minimum atomic E-state index is 0.138. The maximum absolute atomic E-state index is 12.3. The molecule has 0 heterocycles. The first-order chi connectivity index (χ1) is 10.1. The van der Waals surface area contributed by atoms with Gasteiger partial charge in [-0.05, 0) is 12.5 Å². The zero-order valence-electron chi connectivity index (χ0n) is 12.8. The molecule has 1 amide bonds. The van der Waals surface area contributed by atoms with Crippen molar-refractivity contribution >= 4 is 23.1 Å². The fourth-order valence-electron chi connectivity index (χ4n) is 2.06. The predicted molar refractivity (Wildman–Crippen MR) is 89.3 cm³/mol. The summed E-state index contributed by atoms with van der Waals surface area (Å²) in [6.07, 6.45) is 3.00. The lowest BCUT2D eigenvalue weighted by atomic mass is 10.1. The molecule has 4 nitrogen and oxygen atoms in total. The average Bonchev–Trinajstić information content (AvgIpc) is 2.49. The van der Waals surface area contributed by atoms with Crippen molar-refractivity contribution < 1.29 is 9.53 Å². The van der Waals surface area contributed by atoms with E-state index >= 15 is 0 Å². The molecule has 0 aliphatic heterocycles. The molecule has 1 aromatic carbocycles. The maximum Gasteiger partial charge on any atom is 0.222 e. The van der Waals surface area contributed by atoms with Gasteiger partial charge in [0.05, 0.1) is 12.1 Å². The lowest BCUT2D eigenvalue weighted by molar-refractivity contribution is -0.131. The van der Waals surface area contributed by atoms with Crippen LogP contribution in [0.4, 0.5) is 0 Å². The number of ether oxygens (including phenoxy) is 1. The van der Waals surface area contributed by atoms with Crippen molar-refractivity contribution in [3.8, 4) is 5.75 Å². The van der Waals surface area contributed by atoms with Crippen LogP contribution in [0.5, 0.6) is 5.75 Å². The fourth-order valence-corrected chi connectivity index (χ4v) is 2.15. The zero-order valence-corrected chi connectivity index (χ0v) is 13.6. The van der Waals surface area contributed by atoms with Crippen LogP contribution < -0.4 is 10.5 Å². The van der Waals surface area contributed by atoms with E-state index in [0.717, 1.165) is 24.2 Å². The first-order valence-corrected chi connectivity index (χ1v) is 7.67. The van der Waals surface area contributed by atoms with Crippen molar-refractivity contribution in [2.45, 2.75) is 39.2 Å². The van der Waals surface area contributed by atoms with E-state index in [0.29, 0.717) is 30.9 Å². The molecular weight excluding hydrogens is 284 g/mol. The molecule has 0 radical (unpaired) electrons. The second kappa shape index (κ2) is 9.34. The standard InChI is InChI=1S/C16H24N2O2S/c1-3-4-9-16(19)18(11-10-15(17)21)12-13-7-5-6-8-14(13)20-2/h5-8H,3-4,9-12H2,1-2H3,(H2,17,21). The molecule has 0 atom stereocenters. The summed E-state index contributed by atoms with van der Waals surface area (Å²) in [6, 6.07) is 7.73. The third-order valence-corrected chi connectivity index (χ3v) is 3.48. The number of hydrogen-bond acceptors (Lipinski definition) is 3. The summed E-state index contributed by atoms with van der Waals surface area (Å²) in [4.78, 5) is 14.6. The van der Waals surface area contributed by atoms with Crippen molar-refractivity contribution in [3.63, 3.8) is 0 Å². The fraction of sp³-hybridized carbons (Fsp3) is 0.500. The largest absolute Gasteiger partial charge is 0.496 e. The lowest BCUT2D eigenvalue weighted by Crippen LogP contribution is -2.33. The van der Waals surface area contributed by atoms with Gasteiger partial charge in [0.2, 0.25) is 5.91 Å². The Labute approximate surface area is 132 Å². The van der Waals surface area contributed by atoms with Gasteiger partial charge in [-0.3, -0.25) is 4.79 Å². The number of para-hydroxylation sites is 1. The molecular formula is C16H24N2O2S. The molecule has 5 heteroatoms. The number of carbonyl (C=O) groups is 1. The van der Waals surface area contributed by atoms with E-state index in [9.17, 15) is 4.79 Å². The smallest absolute Gasteiger partial charge is 0.222 e. The average molecular weight is 308 g/mol. The van der Waals surface area contributed by atoms with Crippen LogP contribution in [-0.4, -0.2) is 29.5 Å². The Kier molecular flexibility index (Phi) is 7.75. The van der Waals surface area contributed by atoms with Gasteiger partial charge in [0.15, 0.2) is 0 Å². The van der Waals surface area contributed by atoms with Gasteiger partial charge >= 0.3 is 0 Å². The summed E-state index contributed by atoms with van der Waals surface area (Å²) >= 11 is 4.92. The van der Waals surface area contributed by atoms with E-state index in [1.165, 1.54) is 0 Å². The van der Waals surface area contributed by atoms with Gasteiger partial charge in [0.1, 0.15) is 5.75 Å². The Morgan fingerprint density at radius 3 is 2.67 bits per heavy atom. The summed E-state index contributed by atoms with van der Waals surface area (Å²) in [5.41, 5.74) is 6.55. The summed E-state index contributed by atoms with van der Waals surface area (Å²) < 4.78 is 5.34. The van der Waals surface area contributed by atoms with Crippen LogP contribution in [0.25, 0.3) is 0 Å². The van der Waals surface area contributed by atoms with Crippen molar-refractivity contribution in [2.24, 2.45) is 5.73 Å². The Morgan fingerprint density at radius 1 is 1.33 bits per heavy atom. The minimum Gasteiger partial charge on any atom is -0.496 e. The van der Waals surface area contributed by atoms with Crippen molar-refractivity contribution in [3.05, 3.63) is 29.8 Å². The number of nitrogens with zero attached hydrogens (tertiary/aromatic N) is 1. The van der Waals surface area contributed by atoms with Crippen molar-refractivity contribution in [1.29, 1.82) is 0 Å². The summed E-state index contributed by atoms with van der Waals surface area (Å²) in [6.45, 7) is 3.15. The first kappa shape index (κ1) is 17.4. The van der Waals surface area contributed by atoms with Gasteiger partial charge in [-0.25, -0.2) is 0 Å². The van der Waals surface area contributed by atoms with Crippen LogP contribution in [0.15, 0.2) is 24.3 Å². The Hall–Kier alpha value is -1.62. The quantitative estimate of drug-likeness (QED) is 0.713. The van der Waals surface area contributed by atoms with Crippen molar-refractivity contribution in [1.82, 2.24) is 4.90 Å². The van der Waals surface area contributed by atoms with Gasteiger partial charge < -0.3 is 15.4 Å². The van der Waals surface area contributed by atoms with Crippen LogP contribution in [0.2, 0.25) is 0 Å². The highest BCUT2D eigenvalue weighted by Crippen LogP contribution is 2.20.